The van der Waals surface area contributed by atoms with Crippen LogP contribution in [0.15, 0.2) is 84.9 Å². The summed E-state index contributed by atoms with van der Waals surface area (Å²) in [5, 5.41) is 7.47. The van der Waals surface area contributed by atoms with Gasteiger partial charge in [-0.05, 0) is 48.2 Å². The number of piperidine rings is 1. The number of methoxy groups -OCH3 is 1. The molecule has 4 rings (SSSR count). The Kier molecular flexibility index (Phi) is 5.93. The zero-order chi connectivity index (χ0) is 19.2. The average Bonchev–Trinajstić information content (AvgIpc) is 2.77. The van der Waals surface area contributed by atoms with Crippen molar-refractivity contribution in [3.8, 4) is 5.75 Å². The number of benzene rings is 3. The van der Waals surface area contributed by atoms with Crippen LogP contribution >= 0.6 is 0 Å². The van der Waals surface area contributed by atoms with Crippen LogP contribution in [0.1, 0.15) is 29.9 Å². The molecule has 2 N–H and O–H groups in total. The molecule has 1 aliphatic rings. The number of nitrogens with one attached hydrogen (secondary N) is 2. The molecule has 144 valence electrons. The van der Waals surface area contributed by atoms with Gasteiger partial charge in [0.05, 0.1) is 7.11 Å². The maximum atomic E-state index is 5.24. The van der Waals surface area contributed by atoms with Gasteiger partial charge >= 0.3 is 0 Å². The smallest absolute Gasteiger partial charge is 0.119 e. The third-order valence-corrected chi connectivity index (χ3v) is 5.63. The van der Waals surface area contributed by atoms with Crippen LogP contribution in [0.4, 0.5) is 5.69 Å². The van der Waals surface area contributed by atoms with E-state index in [1.165, 1.54) is 11.1 Å². The first-order valence-electron chi connectivity index (χ1n) is 10.1. The molecule has 0 saturated carbocycles. The van der Waals surface area contributed by atoms with Gasteiger partial charge in [0.1, 0.15) is 5.75 Å². The minimum Gasteiger partial charge on any atom is -0.497 e. The minimum absolute atomic E-state index is 0.379. The lowest BCUT2D eigenvalue weighted by Crippen LogP contribution is -2.47. The molecule has 0 radical (unpaired) electrons. The van der Waals surface area contributed by atoms with Crippen LogP contribution in [0.2, 0.25) is 0 Å². The fourth-order valence-corrected chi connectivity index (χ4v) is 4.19. The summed E-state index contributed by atoms with van der Waals surface area (Å²) < 4.78 is 5.24. The van der Waals surface area contributed by atoms with Gasteiger partial charge in [-0.25, -0.2) is 0 Å². The van der Waals surface area contributed by atoms with E-state index in [4.69, 9.17) is 4.74 Å². The van der Waals surface area contributed by atoms with Crippen molar-refractivity contribution in [3.63, 3.8) is 0 Å². The van der Waals surface area contributed by atoms with Gasteiger partial charge in [0.15, 0.2) is 0 Å². The van der Waals surface area contributed by atoms with Gasteiger partial charge in [0.25, 0.3) is 0 Å². The fraction of sp³-hybridized carbons (Fsp3) is 0.280. The summed E-state index contributed by atoms with van der Waals surface area (Å²) >= 11 is 0. The third-order valence-electron chi connectivity index (χ3n) is 5.63. The van der Waals surface area contributed by atoms with E-state index in [2.05, 4.69) is 83.4 Å². The molecular formula is C25H28N2O. The number of hydrogen-bond donors (Lipinski definition) is 2. The number of rotatable bonds is 6. The maximum Gasteiger partial charge on any atom is 0.119 e. The molecule has 28 heavy (non-hydrogen) atoms. The topological polar surface area (TPSA) is 33.3 Å². The van der Waals surface area contributed by atoms with Crippen molar-refractivity contribution in [1.29, 1.82) is 0 Å². The van der Waals surface area contributed by atoms with Gasteiger partial charge in [-0.15, -0.1) is 0 Å². The Bertz CT molecular complexity index is 801. The lowest BCUT2D eigenvalue weighted by molar-refractivity contribution is 0.353. The first-order valence-corrected chi connectivity index (χ1v) is 10.1. The second kappa shape index (κ2) is 8.94. The van der Waals surface area contributed by atoms with E-state index in [-0.39, 0.29) is 0 Å². The molecule has 1 aliphatic heterocycles. The van der Waals surface area contributed by atoms with Crippen molar-refractivity contribution < 1.29 is 4.74 Å². The van der Waals surface area contributed by atoms with E-state index in [1.807, 2.05) is 12.1 Å². The van der Waals surface area contributed by atoms with E-state index < -0.39 is 0 Å². The summed E-state index contributed by atoms with van der Waals surface area (Å²) in [6, 6.07) is 30.8. The summed E-state index contributed by atoms with van der Waals surface area (Å²) in [7, 11) is 1.70. The third kappa shape index (κ3) is 4.37. The van der Waals surface area contributed by atoms with E-state index in [1.54, 1.807) is 7.11 Å². The van der Waals surface area contributed by atoms with Crippen LogP contribution in [-0.2, 0) is 0 Å². The molecule has 0 bridgehead atoms. The second-order valence-corrected chi connectivity index (χ2v) is 7.46. The lowest BCUT2D eigenvalue weighted by atomic mass is 9.81. The van der Waals surface area contributed by atoms with Gasteiger partial charge in [-0.3, -0.25) is 0 Å². The van der Waals surface area contributed by atoms with Crippen LogP contribution in [0.3, 0.4) is 0 Å². The molecule has 0 aromatic heterocycles. The Hall–Kier alpha value is -2.78. The molecule has 1 fully saturated rings. The Morgan fingerprint density at radius 3 is 1.93 bits per heavy atom. The van der Waals surface area contributed by atoms with Crippen LogP contribution in [-0.4, -0.2) is 25.7 Å². The van der Waals surface area contributed by atoms with Crippen molar-refractivity contribution in [2.75, 3.05) is 19.0 Å². The molecule has 0 spiro atoms. The summed E-state index contributed by atoms with van der Waals surface area (Å²) in [4.78, 5) is 0. The van der Waals surface area contributed by atoms with Gasteiger partial charge in [-0.1, -0.05) is 60.7 Å². The molecule has 3 nitrogen and oxygen atoms in total. The molecule has 0 amide bonds. The highest BCUT2D eigenvalue weighted by molar-refractivity contribution is 5.47. The standard InChI is InChI=1S/C25H28N2O/c1-28-23-15-12-21(13-16-23)27-22-14-17-24(26-18-22)25(19-8-4-2-5-9-19)20-10-6-3-7-11-20/h2-13,15-16,22,24-27H,14,17-18H2,1H3/t22-,24-/m1/s1. The van der Waals surface area contributed by atoms with Crippen LogP contribution in [0.25, 0.3) is 0 Å². The minimum atomic E-state index is 0.379. The predicted octanol–water partition coefficient (Wildman–Crippen LogP) is 5.06. The predicted molar refractivity (Wildman–Crippen MR) is 116 cm³/mol. The van der Waals surface area contributed by atoms with Crippen molar-refractivity contribution >= 4 is 5.69 Å². The van der Waals surface area contributed by atoms with Crippen molar-refractivity contribution in [3.05, 3.63) is 96.1 Å². The van der Waals surface area contributed by atoms with E-state index >= 15 is 0 Å². The maximum absolute atomic E-state index is 5.24. The highest BCUT2D eigenvalue weighted by atomic mass is 16.5. The van der Waals surface area contributed by atoms with Gasteiger partial charge in [-0.2, -0.15) is 0 Å². The Labute approximate surface area is 167 Å². The summed E-state index contributed by atoms with van der Waals surface area (Å²) in [5.74, 6) is 1.27. The normalized spacial score (nSPS) is 19.4. The van der Waals surface area contributed by atoms with Gasteiger partial charge in [0, 0.05) is 30.2 Å². The Balaban J connectivity index is 1.44. The Morgan fingerprint density at radius 1 is 0.821 bits per heavy atom. The SMILES string of the molecule is COc1ccc(N[C@@H]2CC[C@H](C(c3ccccc3)c3ccccc3)NC2)cc1. The highest BCUT2D eigenvalue weighted by Crippen LogP contribution is 2.32. The molecule has 0 aliphatic carbocycles. The monoisotopic (exact) mass is 372 g/mol. The van der Waals surface area contributed by atoms with Gasteiger partial charge in [0.2, 0.25) is 0 Å². The van der Waals surface area contributed by atoms with Crippen molar-refractivity contribution in [2.24, 2.45) is 0 Å². The highest BCUT2D eigenvalue weighted by Gasteiger charge is 2.29. The van der Waals surface area contributed by atoms with E-state index in [0.717, 1.165) is 30.8 Å². The van der Waals surface area contributed by atoms with Crippen molar-refractivity contribution in [1.82, 2.24) is 5.32 Å². The summed E-state index contributed by atoms with van der Waals surface area (Å²) in [6.45, 7) is 0.965. The molecular weight excluding hydrogens is 344 g/mol. The van der Waals surface area contributed by atoms with Crippen LogP contribution in [0.5, 0.6) is 5.75 Å². The molecule has 1 heterocycles. The Morgan fingerprint density at radius 2 is 1.43 bits per heavy atom. The zero-order valence-electron chi connectivity index (χ0n) is 16.3. The quantitative estimate of drug-likeness (QED) is 0.634. The van der Waals surface area contributed by atoms with Crippen LogP contribution in [0, 0.1) is 0 Å². The average molecular weight is 373 g/mol. The lowest BCUT2D eigenvalue weighted by Gasteiger charge is -2.36. The van der Waals surface area contributed by atoms with Crippen LogP contribution < -0.4 is 15.4 Å². The molecule has 3 aromatic carbocycles. The van der Waals surface area contributed by atoms with E-state index in [9.17, 15) is 0 Å². The number of ether oxygens (including phenoxy) is 1. The van der Waals surface area contributed by atoms with Gasteiger partial charge < -0.3 is 15.4 Å². The molecule has 3 aromatic rings. The fourth-order valence-electron chi connectivity index (χ4n) is 4.19. The molecule has 1 saturated heterocycles. The molecule has 3 heteroatoms. The first-order chi connectivity index (χ1) is 13.8. The van der Waals surface area contributed by atoms with Crippen molar-refractivity contribution in [2.45, 2.75) is 30.8 Å². The summed E-state index contributed by atoms with van der Waals surface area (Å²) in [5.41, 5.74) is 3.91. The molecule has 2 atom stereocenters. The first kappa shape index (κ1) is 18.6. The molecule has 0 unspecified atom stereocenters. The number of anilines is 1. The second-order valence-electron chi connectivity index (χ2n) is 7.46. The zero-order valence-corrected chi connectivity index (χ0v) is 16.3. The largest absolute Gasteiger partial charge is 0.497 e. The summed E-state index contributed by atoms with van der Waals surface area (Å²) in [6.07, 6.45) is 2.29. The number of hydrogen-bond acceptors (Lipinski definition) is 3. The van der Waals surface area contributed by atoms with E-state index in [0.29, 0.717) is 18.0 Å².